The summed E-state index contributed by atoms with van der Waals surface area (Å²) in [5.41, 5.74) is 0. The minimum atomic E-state index is -2.69. The lowest BCUT2D eigenvalue weighted by atomic mass is 10.2. The van der Waals surface area contributed by atoms with Gasteiger partial charge in [0.25, 0.3) is 0 Å². The summed E-state index contributed by atoms with van der Waals surface area (Å²) in [6, 6.07) is 0. The molecule has 0 aromatic rings. The number of alkyl halides is 4. The molecule has 0 fully saturated rings. The maximum atomic E-state index is 12.8. The van der Waals surface area contributed by atoms with Gasteiger partial charge >= 0.3 is 0 Å². The highest BCUT2D eigenvalue weighted by Gasteiger charge is 2.26. The van der Waals surface area contributed by atoms with Gasteiger partial charge in [-0.1, -0.05) is 13.8 Å². The van der Waals surface area contributed by atoms with Crippen LogP contribution in [-0.2, 0) is 9.47 Å². The van der Waals surface area contributed by atoms with Crippen molar-refractivity contribution in [2.24, 2.45) is 0 Å². The van der Waals surface area contributed by atoms with Crippen molar-refractivity contribution in [2.45, 2.75) is 51.4 Å². The molecule has 0 atom stereocenters. The van der Waals surface area contributed by atoms with Crippen molar-refractivity contribution < 1.29 is 27.0 Å². The van der Waals surface area contributed by atoms with Crippen LogP contribution in [0, 0.1) is 0 Å². The van der Waals surface area contributed by atoms with E-state index >= 15 is 0 Å². The van der Waals surface area contributed by atoms with E-state index in [1.165, 1.54) is 13.8 Å². The fraction of sp³-hybridized carbons (Fsp3) is 1.00. The van der Waals surface area contributed by atoms with Crippen LogP contribution in [0.25, 0.3) is 0 Å². The average molecular weight is 274 g/mol. The molecular formula is C12H22F4O2. The van der Waals surface area contributed by atoms with Crippen LogP contribution in [0.5, 0.6) is 0 Å². The normalized spacial score (nSPS) is 13.0. The lowest BCUT2D eigenvalue weighted by Gasteiger charge is -2.14. The number of rotatable bonds is 11. The van der Waals surface area contributed by atoms with Crippen molar-refractivity contribution in [1.29, 1.82) is 0 Å². The van der Waals surface area contributed by atoms with Crippen molar-refractivity contribution in [3.05, 3.63) is 0 Å². The first kappa shape index (κ1) is 17.6. The van der Waals surface area contributed by atoms with Gasteiger partial charge in [0.2, 0.25) is 11.8 Å². The second-order valence-corrected chi connectivity index (χ2v) is 4.14. The van der Waals surface area contributed by atoms with E-state index in [2.05, 4.69) is 0 Å². The van der Waals surface area contributed by atoms with Gasteiger partial charge in [0.15, 0.2) is 0 Å². The Balaban J connectivity index is 3.32. The lowest BCUT2D eigenvalue weighted by Crippen LogP contribution is -2.19. The minimum absolute atomic E-state index is 0.0463. The van der Waals surface area contributed by atoms with E-state index < -0.39 is 11.8 Å². The third kappa shape index (κ3) is 9.65. The molecule has 0 radical (unpaired) electrons. The second kappa shape index (κ2) is 8.69. The third-order valence-corrected chi connectivity index (χ3v) is 2.63. The van der Waals surface area contributed by atoms with E-state index in [-0.39, 0.29) is 52.1 Å². The Morgan fingerprint density at radius 3 is 1.28 bits per heavy atom. The monoisotopic (exact) mass is 274 g/mol. The Labute approximate surface area is 106 Å². The summed E-state index contributed by atoms with van der Waals surface area (Å²) in [6.45, 7) is 3.04. The van der Waals surface area contributed by atoms with Gasteiger partial charge in [-0.05, 0) is 0 Å². The summed E-state index contributed by atoms with van der Waals surface area (Å²) in [5, 5.41) is 0. The summed E-state index contributed by atoms with van der Waals surface area (Å²) in [7, 11) is 0. The topological polar surface area (TPSA) is 18.5 Å². The van der Waals surface area contributed by atoms with Crippen molar-refractivity contribution in [2.75, 3.05) is 26.4 Å². The molecule has 0 aromatic carbocycles. The van der Waals surface area contributed by atoms with Gasteiger partial charge in [-0.15, -0.1) is 0 Å². The summed E-state index contributed by atoms with van der Waals surface area (Å²) in [6.07, 6.45) is -1.06. The maximum absolute atomic E-state index is 12.8. The van der Waals surface area contributed by atoms with Crippen LogP contribution in [0.15, 0.2) is 0 Å². The highest BCUT2D eigenvalue weighted by molar-refractivity contribution is 4.63. The van der Waals surface area contributed by atoms with Gasteiger partial charge in [0.05, 0.1) is 26.4 Å². The zero-order chi connectivity index (χ0) is 14.1. The van der Waals surface area contributed by atoms with Gasteiger partial charge in [-0.2, -0.15) is 0 Å². The number of hydrogen-bond donors (Lipinski definition) is 0. The number of hydrogen-bond acceptors (Lipinski definition) is 2. The van der Waals surface area contributed by atoms with Crippen LogP contribution in [0.2, 0.25) is 0 Å². The van der Waals surface area contributed by atoms with Gasteiger partial charge in [0, 0.05) is 25.7 Å². The molecule has 18 heavy (non-hydrogen) atoms. The Hall–Kier alpha value is -0.360. The SMILES string of the molecule is CCC(F)(F)CCOCCOCCC(F)(F)CC. The Bertz CT molecular complexity index is 188. The molecular weight excluding hydrogens is 252 g/mol. The Morgan fingerprint density at radius 1 is 0.667 bits per heavy atom. The van der Waals surface area contributed by atoms with Crippen LogP contribution in [-0.4, -0.2) is 38.3 Å². The minimum Gasteiger partial charge on any atom is -0.379 e. The van der Waals surface area contributed by atoms with E-state index in [9.17, 15) is 17.6 Å². The molecule has 0 aliphatic heterocycles. The molecule has 0 saturated carbocycles. The molecule has 0 heterocycles. The summed E-state index contributed by atoms with van der Waals surface area (Å²) >= 11 is 0. The molecule has 6 heteroatoms. The van der Waals surface area contributed by atoms with Crippen molar-refractivity contribution in [1.82, 2.24) is 0 Å². The molecule has 0 aliphatic carbocycles. The van der Waals surface area contributed by atoms with Crippen LogP contribution >= 0.6 is 0 Å². The first-order chi connectivity index (χ1) is 8.33. The highest BCUT2D eigenvalue weighted by Crippen LogP contribution is 2.22. The first-order valence-corrected chi connectivity index (χ1v) is 6.24. The van der Waals surface area contributed by atoms with Crippen LogP contribution in [0.1, 0.15) is 39.5 Å². The van der Waals surface area contributed by atoms with E-state index in [0.29, 0.717) is 0 Å². The quantitative estimate of drug-likeness (QED) is 0.420. The predicted octanol–water partition coefficient (Wildman–Crippen LogP) is 3.89. The summed E-state index contributed by atoms with van der Waals surface area (Å²) in [5.74, 6) is -5.38. The van der Waals surface area contributed by atoms with Crippen LogP contribution in [0.4, 0.5) is 17.6 Å². The van der Waals surface area contributed by atoms with E-state index in [1.54, 1.807) is 0 Å². The van der Waals surface area contributed by atoms with Gasteiger partial charge in [-0.3, -0.25) is 0 Å². The number of halogens is 4. The van der Waals surface area contributed by atoms with Crippen molar-refractivity contribution in [3.63, 3.8) is 0 Å². The fourth-order valence-electron chi connectivity index (χ4n) is 1.12. The predicted molar refractivity (Wildman–Crippen MR) is 61.3 cm³/mol. The van der Waals surface area contributed by atoms with Gasteiger partial charge in [0.1, 0.15) is 0 Å². The zero-order valence-corrected chi connectivity index (χ0v) is 11.0. The second-order valence-electron chi connectivity index (χ2n) is 4.14. The molecule has 0 amide bonds. The smallest absolute Gasteiger partial charge is 0.250 e. The molecule has 110 valence electrons. The van der Waals surface area contributed by atoms with E-state index in [4.69, 9.17) is 9.47 Å². The molecule has 0 aliphatic rings. The largest absolute Gasteiger partial charge is 0.379 e. The molecule has 0 aromatic heterocycles. The summed E-state index contributed by atoms with van der Waals surface area (Å²) in [4.78, 5) is 0. The van der Waals surface area contributed by atoms with Crippen molar-refractivity contribution >= 4 is 0 Å². The van der Waals surface area contributed by atoms with Crippen molar-refractivity contribution in [3.8, 4) is 0 Å². The summed E-state index contributed by atoms with van der Waals surface area (Å²) < 4.78 is 60.9. The Kier molecular flexibility index (Phi) is 8.52. The number of ether oxygens (including phenoxy) is 2. The molecule has 0 bridgehead atoms. The molecule has 2 nitrogen and oxygen atoms in total. The van der Waals surface area contributed by atoms with Gasteiger partial charge in [-0.25, -0.2) is 17.6 Å². The third-order valence-electron chi connectivity index (χ3n) is 2.63. The molecule has 0 spiro atoms. The zero-order valence-electron chi connectivity index (χ0n) is 11.0. The highest BCUT2D eigenvalue weighted by atomic mass is 19.3. The van der Waals surface area contributed by atoms with Crippen LogP contribution < -0.4 is 0 Å². The molecule has 0 saturated heterocycles. The molecule has 0 unspecified atom stereocenters. The standard InChI is InChI=1S/C12H22F4O2/c1-3-11(13,14)5-7-17-9-10-18-8-6-12(15,16)4-2/h3-10H2,1-2H3. The average Bonchev–Trinajstić information content (AvgIpc) is 2.32. The molecule has 0 rings (SSSR count). The van der Waals surface area contributed by atoms with Crippen LogP contribution in [0.3, 0.4) is 0 Å². The van der Waals surface area contributed by atoms with Gasteiger partial charge < -0.3 is 9.47 Å². The molecule has 0 N–H and O–H groups in total. The van der Waals surface area contributed by atoms with E-state index in [1.807, 2.05) is 0 Å². The Morgan fingerprint density at radius 2 is 1.00 bits per heavy atom. The lowest BCUT2D eigenvalue weighted by molar-refractivity contribution is -0.0542. The maximum Gasteiger partial charge on any atom is 0.250 e. The fourth-order valence-corrected chi connectivity index (χ4v) is 1.12. The first-order valence-electron chi connectivity index (χ1n) is 6.24. The van der Waals surface area contributed by atoms with E-state index in [0.717, 1.165) is 0 Å².